The van der Waals surface area contributed by atoms with Crippen LogP contribution >= 0.6 is 0 Å². The highest BCUT2D eigenvalue weighted by atomic mass is 16.5. The molecule has 2 fully saturated rings. The van der Waals surface area contributed by atoms with Crippen LogP contribution in [-0.4, -0.2) is 31.7 Å². The van der Waals surface area contributed by atoms with E-state index in [0.29, 0.717) is 18.1 Å². The van der Waals surface area contributed by atoms with E-state index in [1.165, 1.54) is 0 Å². The second-order valence-corrected chi connectivity index (χ2v) is 6.06. The van der Waals surface area contributed by atoms with Gasteiger partial charge >= 0.3 is 0 Å². The Morgan fingerprint density at radius 3 is 2.39 bits per heavy atom. The number of ether oxygens (including phenoxy) is 2. The molecular weight excluding hydrogens is 228 g/mol. The number of Topliss-reactive ketones (excluding diaryl/α,β-unsaturated/α-hetero) is 1. The highest BCUT2D eigenvalue weighted by Crippen LogP contribution is 2.37. The molecule has 1 aliphatic carbocycles. The molecule has 3 heteroatoms. The lowest BCUT2D eigenvalue weighted by Crippen LogP contribution is -2.44. The lowest BCUT2D eigenvalue weighted by Gasteiger charge is -2.38. The predicted octanol–water partition coefficient (Wildman–Crippen LogP) is 2.97. The van der Waals surface area contributed by atoms with E-state index >= 15 is 0 Å². The molecule has 0 spiro atoms. The number of ketones is 1. The van der Waals surface area contributed by atoms with Gasteiger partial charge in [0.15, 0.2) is 5.78 Å². The van der Waals surface area contributed by atoms with Crippen molar-refractivity contribution in [3.8, 4) is 0 Å². The summed E-state index contributed by atoms with van der Waals surface area (Å²) >= 11 is 0. The molecule has 1 aliphatic heterocycles. The van der Waals surface area contributed by atoms with Crippen molar-refractivity contribution in [1.82, 2.24) is 0 Å². The van der Waals surface area contributed by atoms with Crippen molar-refractivity contribution in [1.29, 1.82) is 0 Å². The first-order chi connectivity index (χ1) is 8.66. The normalized spacial score (nSPS) is 34.4. The Hall–Kier alpha value is -0.410. The van der Waals surface area contributed by atoms with Gasteiger partial charge in [0.1, 0.15) is 5.60 Å². The Morgan fingerprint density at radius 2 is 1.83 bits per heavy atom. The first kappa shape index (κ1) is 14.0. The lowest BCUT2D eigenvalue weighted by molar-refractivity contribution is -0.147. The van der Waals surface area contributed by atoms with Crippen LogP contribution < -0.4 is 0 Å². The van der Waals surface area contributed by atoms with Gasteiger partial charge in [-0.2, -0.15) is 0 Å². The van der Waals surface area contributed by atoms with E-state index in [4.69, 9.17) is 9.47 Å². The maximum atomic E-state index is 12.6. The summed E-state index contributed by atoms with van der Waals surface area (Å²) in [5.41, 5.74) is -0.467. The third kappa shape index (κ3) is 3.12. The summed E-state index contributed by atoms with van der Waals surface area (Å²) in [6.07, 6.45) is 6.80. The molecule has 0 amide bonds. The molecule has 1 saturated carbocycles. The van der Waals surface area contributed by atoms with Crippen LogP contribution in [0.25, 0.3) is 0 Å². The fraction of sp³-hybridized carbons (Fsp3) is 0.933. The molecule has 0 bridgehead atoms. The lowest BCUT2D eigenvalue weighted by atomic mass is 9.74. The van der Waals surface area contributed by atoms with E-state index in [1.807, 2.05) is 0 Å². The zero-order chi connectivity index (χ0) is 13.0. The molecule has 0 aromatic heterocycles. The Balaban J connectivity index is 1.92. The van der Waals surface area contributed by atoms with E-state index in [0.717, 1.165) is 57.7 Å². The molecule has 2 aliphatic rings. The van der Waals surface area contributed by atoms with Gasteiger partial charge < -0.3 is 9.47 Å². The molecule has 18 heavy (non-hydrogen) atoms. The van der Waals surface area contributed by atoms with Gasteiger partial charge in [0.2, 0.25) is 0 Å². The molecule has 0 N–H and O–H groups in total. The van der Waals surface area contributed by atoms with Crippen LogP contribution in [-0.2, 0) is 14.3 Å². The molecule has 0 aromatic rings. The minimum atomic E-state index is -0.467. The van der Waals surface area contributed by atoms with E-state index in [1.54, 1.807) is 7.11 Å². The minimum Gasteiger partial charge on any atom is -0.381 e. The Bertz CT molecular complexity index is 273. The molecule has 2 rings (SSSR count). The van der Waals surface area contributed by atoms with Gasteiger partial charge in [-0.05, 0) is 50.4 Å². The number of carbonyl (C=O) groups excluding carboxylic acids is 1. The average molecular weight is 254 g/mol. The molecule has 0 atom stereocenters. The van der Waals surface area contributed by atoms with Gasteiger partial charge in [-0.3, -0.25) is 4.79 Å². The van der Waals surface area contributed by atoms with Crippen molar-refractivity contribution in [3.63, 3.8) is 0 Å². The molecular formula is C15H26O3. The van der Waals surface area contributed by atoms with Crippen molar-refractivity contribution < 1.29 is 14.3 Å². The maximum Gasteiger partial charge on any atom is 0.164 e. The summed E-state index contributed by atoms with van der Waals surface area (Å²) < 4.78 is 11.0. The van der Waals surface area contributed by atoms with Crippen molar-refractivity contribution in [2.75, 3.05) is 20.3 Å². The van der Waals surface area contributed by atoms with Gasteiger partial charge in [0, 0.05) is 26.7 Å². The predicted molar refractivity (Wildman–Crippen MR) is 70.5 cm³/mol. The van der Waals surface area contributed by atoms with Crippen LogP contribution in [0.15, 0.2) is 0 Å². The number of rotatable bonds is 4. The molecule has 3 nitrogen and oxygen atoms in total. The quantitative estimate of drug-likeness (QED) is 0.773. The summed E-state index contributed by atoms with van der Waals surface area (Å²) in [6, 6.07) is 0. The van der Waals surface area contributed by atoms with Crippen LogP contribution in [0.2, 0.25) is 0 Å². The third-order valence-electron chi connectivity index (χ3n) is 4.80. The molecule has 1 heterocycles. The smallest absolute Gasteiger partial charge is 0.164 e. The van der Waals surface area contributed by atoms with Crippen LogP contribution in [0.5, 0.6) is 0 Å². The Kier molecular flexibility index (Phi) is 4.79. The monoisotopic (exact) mass is 254 g/mol. The zero-order valence-corrected chi connectivity index (χ0v) is 11.7. The summed E-state index contributed by atoms with van der Waals surface area (Å²) in [4.78, 5) is 12.6. The highest BCUT2D eigenvalue weighted by molar-refractivity contribution is 5.87. The summed E-state index contributed by atoms with van der Waals surface area (Å²) in [5.74, 6) is 1.59. The Labute approximate surface area is 110 Å². The Morgan fingerprint density at radius 1 is 1.22 bits per heavy atom. The van der Waals surface area contributed by atoms with E-state index < -0.39 is 5.60 Å². The second kappa shape index (κ2) is 6.16. The van der Waals surface area contributed by atoms with Gasteiger partial charge in [-0.1, -0.05) is 6.92 Å². The van der Waals surface area contributed by atoms with Crippen LogP contribution in [0.1, 0.15) is 51.9 Å². The van der Waals surface area contributed by atoms with Crippen molar-refractivity contribution >= 4 is 5.78 Å². The summed E-state index contributed by atoms with van der Waals surface area (Å²) in [7, 11) is 1.71. The summed E-state index contributed by atoms with van der Waals surface area (Å²) in [6.45, 7) is 3.90. The molecule has 104 valence electrons. The van der Waals surface area contributed by atoms with Crippen molar-refractivity contribution in [3.05, 3.63) is 0 Å². The van der Waals surface area contributed by atoms with E-state index in [9.17, 15) is 4.79 Å². The van der Waals surface area contributed by atoms with Gasteiger partial charge in [0.25, 0.3) is 0 Å². The average Bonchev–Trinajstić information content (AvgIpc) is 2.41. The largest absolute Gasteiger partial charge is 0.381 e. The fourth-order valence-corrected chi connectivity index (χ4v) is 3.22. The van der Waals surface area contributed by atoms with Crippen LogP contribution in [0, 0.1) is 11.8 Å². The van der Waals surface area contributed by atoms with E-state index in [2.05, 4.69) is 6.92 Å². The number of carbonyl (C=O) groups is 1. The van der Waals surface area contributed by atoms with Gasteiger partial charge in [0.05, 0.1) is 0 Å². The molecule has 0 unspecified atom stereocenters. The second-order valence-electron chi connectivity index (χ2n) is 6.06. The third-order valence-corrected chi connectivity index (χ3v) is 4.80. The number of hydrogen-bond acceptors (Lipinski definition) is 3. The summed E-state index contributed by atoms with van der Waals surface area (Å²) in [5, 5.41) is 0. The standard InChI is InChI=1S/C15H26O3/c1-12-3-7-15(17-2,8-4-12)14(16)11-13-5-9-18-10-6-13/h12-13H,3-11H2,1-2H3. The van der Waals surface area contributed by atoms with Crippen LogP contribution in [0.3, 0.4) is 0 Å². The van der Waals surface area contributed by atoms with Gasteiger partial charge in [-0.25, -0.2) is 0 Å². The molecule has 0 aromatic carbocycles. The minimum absolute atomic E-state index is 0.337. The number of hydrogen-bond donors (Lipinski definition) is 0. The number of methoxy groups -OCH3 is 1. The molecule has 0 radical (unpaired) electrons. The van der Waals surface area contributed by atoms with Crippen LogP contribution in [0.4, 0.5) is 0 Å². The fourth-order valence-electron chi connectivity index (χ4n) is 3.22. The zero-order valence-electron chi connectivity index (χ0n) is 11.7. The van der Waals surface area contributed by atoms with Crippen molar-refractivity contribution in [2.24, 2.45) is 11.8 Å². The molecule has 1 saturated heterocycles. The van der Waals surface area contributed by atoms with E-state index in [-0.39, 0.29) is 0 Å². The first-order valence-corrected chi connectivity index (χ1v) is 7.32. The van der Waals surface area contributed by atoms with Gasteiger partial charge in [-0.15, -0.1) is 0 Å². The topological polar surface area (TPSA) is 35.5 Å². The maximum absolute atomic E-state index is 12.6. The SMILES string of the molecule is COC1(C(=O)CC2CCOCC2)CCC(C)CC1. The highest BCUT2D eigenvalue weighted by Gasteiger charge is 2.41. The van der Waals surface area contributed by atoms with Crippen molar-refractivity contribution in [2.45, 2.75) is 57.5 Å². The first-order valence-electron chi connectivity index (χ1n) is 7.32.